The van der Waals surface area contributed by atoms with E-state index < -0.39 is 29.5 Å². The van der Waals surface area contributed by atoms with Gasteiger partial charge in [0.1, 0.15) is 17.6 Å². The van der Waals surface area contributed by atoms with Crippen LogP contribution in [0.2, 0.25) is 0 Å². The smallest absolute Gasteiger partial charge is 0.352 e. The van der Waals surface area contributed by atoms with Crippen molar-refractivity contribution in [3.63, 3.8) is 0 Å². The van der Waals surface area contributed by atoms with Crippen LogP contribution in [0, 0.1) is 12.7 Å². The third kappa shape index (κ3) is 4.85. The number of aryl methyl sites for hydroxylation is 1. The van der Waals surface area contributed by atoms with Gasteiger partial charge in [-0.2, -0.15) is 13.2 Å². The van der Waals surface area contributed by atoms with Gasteiger partial charge in [-0.15, -0.1) is 11.3 Å². The molecule has 0 radical (unpaired) electrons. The van der Waals surface area contributed by atoms with Crippen LogP contribution in [0.1, 0.15) is 27.5 Å². The van der Waals surface area contributed by atoms with Crippen molar-refractivity contribution in [1.29, 1.82) is 0 Å². The Morgan fingerprint density at radius 2 is 1.88 bits per heavy atom. The zero-order chi connectivity index (χ0) is 23.8. The molecule has 0 spiro atoms. The molecule has 0 unspecified atom stereocenters. The molecule has 1 saturated heterocycles. The van der Waals surface area contributed by atoms with Crippen LogP contribution in [0.15, 0.2) is 36.7 Å². The molecule has 0 aliphatic carbocycles. The summed E-state index contributed by atoms with van der Waals surface area (Å²) in [6, 6.07) is 4.82. The van der Waals surface area contributed by atoms with E-state index in [2.05, 4.69) is 20.3 Å². The maximum atomic E-state index is 13.3. The second-order valence-electron chi connectivity index (χ2n) is 7.32. The fourth-order valence-corrected chi connectivity index (χ4v) is 4.37. The third-order valence-corrected chi connectivity index (χ3v) is 6.10. The Bertz CT molecular complexity index is 1180. The van der Waals surface area contributed by atoms with Crippen molar-refractivity contribution in [2.45, 2.75) is 25.6 Å². The number of benzene rings is 1. The minimum absolute atomic E-state index is 0.0645. The predicted molar refractivity (Wildman–Crippen MR) is 112 cm³/mol. The summed E-state index contributed by atoms with van der Waals surface area (Å²) in [5.74, 6) is -1.15. The molecule has 4 rings (SSSR count). The van der Waals surface area contributed by atoms with Crippen molar-refractivity contribution in [2.75, 3.05) is 18.4 Å². The van der Waals surface area contributed by atoms with Gasteiger partial charge in [0.25, 0.3) is 5.91 Å². The van der Waals surface area contributed by atoms with Gasteiger partial charge in [-0.05, 0) is 24.6 Å². The molecule has 1 aliphatic heterocycles. The summed E-state index contributed by atoms with van der Waals surface area (Å²) in [5, 5.41) is 3.36. The normalized spacial score (nSPS) is 16.3. The number of rotatable bonds is 5. The van der Waals surface area contributed by atoms with Gasteiger partial charge in [0.05, 0.1) is 15.4 Å². The minimum atomic E-state index is -4.56. The SMILES string of the molecule is Cc1nc(C(=O)N2CCC(=O)[C@H]2CNc2ncc(C(F)(F)F)cn2)c(-c2ccc(F)cc2)s1. The number of anilines is 1. The molecule has 172 valence electrons. The number of amides is 1. The van der Waals surface area contributed by atoms with Crippen LogP contribution in [0.3, 0.4) is 0 Å². The van der Waals surface area contributed by atoms with Gasteiger partial charge in [0, 0.05) is 31.9 Å². The van der Waals surface area contributed by atoms with E-state index in [1.165, 1.54) is 28.4 Å². The van der Waals surface area contributed by atoms with Crippen LogP contribution >= 0.6 is 11.3 Å². The first-order chi connectivity index (χ1) is 15.6. The maximum absolute atomic E-state index is 13.3. The zero-order valence-electron chi connectivity index (χ0n) is 17.2. The Morgan fingerprint density at radius 1 is 1.21 bits per heavy atom. The summed E-state index contributed by atoms with van der Waals surface area (Å²) in [5.41, 5.74) is -0.202. The summed E-state index contributed by atoms with van der Waals surface area (Å²) in [6.07, 6.45) is -3.14. The average molecular weight is 479 g/mol. The molecule has 1 aromatic carbocycles. The summed E-state index contributed by atoms with van der Waals surface area (Å²) in [6.45, 7) is 1.85. The molecule has 12 heteroatoms. The molecule has 0 saturated carbocycles. The molecule has 1 fully saturated rings. The largest absolute Gasteiger partial charge is 0.419 e. The maximum Gasteiger partial charge on any atom is 0.419 e. The number of likely N-dealkylation sites (tertiary alicyclic amines) is 1. The molecule has 1 atom stereocenters. The summed E-state index contributed by atoms with van der Waals surface area (Å²) < 4.78 is 51.3. The van der Waals surface area contributed by atoms with Crippen LogP contribution in [0.5, 0.6) is 0 Å². The molecule has 3 heterocycles. The van der Waals surface area contributed by atoms with Crippen molar-refractivity contribution in [3.8, 4) is 10.4 Å². The lowest BCUT2D eigenvalue weighted by atomic mass is 10.1. The molecule has 1 amide bonds. The molecule has 2 aromatic heterocycles. The monoisotopic (exact) mass is 479 g/mol. The predicted octanol–water partition coefficient (Wildman–Crippen LogP) is 3.96. The van der Waals surface area contributed by atoms with Gasteiger partial charge in [0.2, 0.25) is 5.95 Å². The lowest BCUT2D eigenvalue weighted by Gasteiger charge is -2.23. The van der Waals surface area contributed by atoms with Crippen molar-refractivity contribution in [2.24, 2.45) is 0 Å². The quantitative estimate of drug-likeness (QED) is 0.558. The number of carbonyl (C=O) groups excluding carboxylic acids is 2. The zero-order valence-corrected chi connectivity index (χ0v) is 18.0. The van der Waals surface area contributed by atoms with Crippen LogP contribution in [-0.2, 0) is 11.0 Å². The molecule has 3 aromatic rings. The van der Waals surface area contributed by atoms with E-state index >= 15 is 0 Å². The number of alkyl halides is 3. The highest BCUT2D eigenvalue weighted by molar-refractivity contribution is 7.15. The summed E-state index contributed by atoms with van der Waals surface area (Å²) >= 11 is 1.28. The van der Waals surface area contributed by atoms with Gasteiger partial charge < -0.3 is 10.2 Å². The Hall–Kier alpha value is -3.41. The van der Waals surface area contributed by atoms with Crippen LogP contribution < -0.4 is 5.32 Å². The first-order valence-corrected chi connectivity index (χ1v) is 10.7. The van der Waals surface area contributed by atoms with Crippen LogP contribution in [0.4, 0.5) is 23.5 Å². The second-order valence-corrected chi connectivity index (χ2v) is 8.53. The number of nitrogens with one attached hydrogen (secondary N) is 1. The highest BCUT2D eigenvalue weighted by Crippen LogP contribution is 2.32. The fraction of sp³-hybridized carbons (Fsp3) is 0.286. The lowest BCUT2D eigenvalue weighted by molar-refractivity contribution is -0.138. The van der Waals surface area contributed by atoms with Crippen molar-refractivity contribution in [3.05, 3.63) is 58.7 Å². The van der Waals surface area contributed by atoms with E-state index in [9.17, 15) is 27.2 Å². The van der Waals surface area contributed by atoms with Crippen LogP contribution in [-0.4, -0.2) is 50.7 Å². The van der Waals surface area contributed by atoms with E-state index in [-0.39, 0.29) is 36.9 Å². The van der Waals surface area contributed by atoms with Crippen LogP contribution in [0.25, 0.3) is 10.4 Å². The summed E-state index contributed by atoms with van der Waals surface area (Å²) in [7, 11) is 0. The number of hydrogen-bond donors (Lipinski definition) is 1. The number of aromatic nitrogens is 3. The van der Waals surface area contributed by atoms with Gasteiger partial charge in [0.15, 0.2) is 5.78 Å². The molecule has 7 nitrogen and oxygen atoms in total. The average Bonchev–Trinajstić information content (AvgIpc) is 3.34. The number of Topliss-reactive ketones (excluding diaryl/α,β-unsaturated/α-hetero) is 1. The van der Waals surface area contributed by atoms with Gasteiger partial charge >= 0.3 is 6.18 Å². The topological polar surface area (TPSA) is 88.1 Å². The first kappa shape index (κ1) is 22.8. The van der Waals surface area contributed by atoms with E-state index in [1.54, 1.807) is 19.1 Å². The number of ketones is 1. The van der Waals surface area contributed by atoms with Crippen molar-refractivity contribution in [1.82, 2.24) is 19.9 Å². The number of halogens is 4. The number of carbonyl (C=O) groups is 2. The lowest BCUT2D eigenvalue weighted by Crippen LogP contribution is -2.43. The van der Waals surface area contributed by atoms with E-state index in [4.69, 9.17) is 0 Å². The molecular formula is C21H17F4N5O2S. The Kier molecular flexibility index (Phi) is 6.11. The van der Waals surface area contributed by atoms with E-state index in [1.807, 2.05) is 0 Å². The van der Waals surface area contributed by atoms with Gasteiger partial charge in [-0.1, -0.05) is 12.1 Å². The Morgan fingerprint density at radius 3 is 2.52 bits per heavy atom. The Labute approximate surface area is 189 Å². The van der Waals surface area contributed by atoms with Crippen molar-refractivity contribution >= 4 is 29.0 Å². The second kappa shape index (κ2) is 8.85. The summed E-state index contributed by atoms with van der Waals surface area (Å²) in [4.78, 5) is 39.3. The molecular weight excluding hydrogens is 462 g/mol. The number of hydrogen-bond acceptors (Lipinski definition) is 7. The number of nitrogens with zero attached hydrogens (tertiary/aromatic N) is 4. The molecule has 1 N–H and O–H groups in total. The molecule has 0 bridgehead atoms. The highest BCUT2D eigenvalue weighted by atomic mass is 32.1. The first-order valence-electron chi connectivity index (χ1n) is 9.83. The number of thiazole rings is 1. The standard InChI is InChI=1S/C21H17F4N5O2S/c1-11-29-17(18(33-11)12-2-4-14(22)5-3-12)19(32)30-7-6-16(31)15(30)10-28-20-26-8-13(9-27-20)21(23,24)25/h2-5,8-9,15H,6-7,10H2,1H3,(H,26,27,28)/t15-/m1/s1. The van der Waals surface area contributed by atoms with Crippen molar-refractivity contribution < 1.29 is 27.2 Å². The Balaban J connectivity index is 1.52. The molecule has 1 aliphatic rings. The molecule has 33 heavy (non-hydrogen) atoms. The highest BCUT2D eigenvalue weighted by Gasteiger charge is 2.38. The van der Waals surface area contributed by atoms with Gasteiger partial charge in [-0.25, -0.2) is 19.3 Å². The minimum Gasteiger partial charge on any atom is -0.352 e. The third-order valence-electron chi connectivity index (χ3n) is 5.08. The van der Waals surface area contributed by atoms with Gasteiger partial charge in [-0.3, -0.25) is 9.59 Å². The van der Waals surface area contributed by atoms with E-state index in [0.717, 1.165) is 0 Å². The van der Waals surface area contributed by atoms with E-state index in [0.29, 0.717) is 27.8 Å². The fourth-order valence-electron chi connectivity index (χ4n) is 3.45.